The number of likely N-dealkylation sites (tertiary alicyclic amines) is 1. The van der Waals surface area contributed by atoms with Crippen LogP contribution in [0.3, 0.4) is 0 Å². The zero-order chi connectivity index (χ0) is 17.1. The molecule has 2 aromatic rings. The number of hydrogen-bond acceptors (Lipinski definition) is 2. The highest BCUT2D eigenvalue weighted by Crippen LogP contribution is 2.37. The zero-order valence-electron chi connectivity index (χ0n) is 14.6. The first kappa shape index (κ1) is 16.2. The van der Waals surface area contributed by atoms with E-state index in [4.69, 9.17) is 0 Å². The van der Waals surface area contributed by atoms with E-state index in [2.05, 4.69) is 39.1 Å². The summed E-state index contributed by atoms with van der Waals surface area (Å²) in [6, 6.07) is 10.5. The van der Waals surface area contributed by atoms with E-state index in [0.717, 1.165) is 43.7 Å². The first-order chi connectivity index (χ1) is 12.3. The van der Waals surface area contributed by atoms with Gasteiger partial charge in [0.1, 0.15) is 5.82 Å². The Morgan fingerprint density at radius 1 is 1.16 bits per heavy atom. The Morgan fingerprint density at radius 3 is 2.68 bits per heavy atom. The smallest absolute Gasteiger partial charge is 0.317 e. The van der Waals surface area contributed by atoms with Crippen molar-refractivity contribution in [3.63, 3.8) is 0 Å². The lowest BCUT2D eigenvalue weighted by atomic mass is 10.0. The lowest BCUT2D eigenvalue weighted by Gasteiger charge is -2.18. The van der Waals surface area contributed by atoms with Gasteiger partial charge in [-0.15, -0.1) is 0 Å². The maximum Gasteiger partial charge on any atom is 0.317 e. The zero-order valence-corrected chi connectivity index (χ0v) is 14.6. The third-order valence-corrected chi connectivity index (χ3v) is 5.70. The van der Waals surface area contributed by atoms with Crippen LogP contribution in [0.25, 0.3) is 0 Å². The number of nitrogens with one attached hydrogen (secondary N) is 1. The van der Waals surface area contributed by atoms with Crippen molar-refractivity contribution >= 4 is 6.03 Å². The quantitative estimate of drug-likeness (QED) is 0.911. The molecule has 0 radical (unpaired) electrons. The van der Waals surface area contributed by atoms with Crippen LogP contribution in [-0.4, -0.2) is 33.6 Å². The molecular weight excluding hydrogens is 312 g/mol. The van der Waals surface area contributed by atoms with Crippen LogP contribution < -0.4 is 5.32 Å². The summed E-state index contributed by atoms with van der Waals surface area (Å²) >= 11 is 0. The monoisotopic (exact) mass is 338 g/mol. The molecule has 1 aromatic heterocycles. The third kappa shape index (κ3) is 3.70. The molecule has 2 atom stereocenters. The second kappa shape index (κ2) is 7.30. The molecule has 2 aliphatic rings. The lowest BCUT2D eigenvalue weighted by molar-refractivity contribution is 0.204. The number of fused-ring (bicyclic) bond motifs is 1. The molecule has 5 nitrogen and oxygen atoms in total. The van der Waals surface area contributed by atoms with Gasteiger partial charge in [-0.1, -0.05) is 36.8 Å². The van der Waals surface area contributed by atoms with Crippen molar-refractivity contribution in [2.75, 3.05) is 13.1 Å². The lowest BCUT2D eigenvalue weighted by Crippen LogP contribution is -2.39. The maximum absolute atomic E-state index is 12.4. The second-order valence-electron chi connectivity index (χ2n) is 7.29. The number of carbonyl (C=O) groups is 1. The van der Waals surface area contributed by atoms with Gasteiger partial charge in [-0.3, -0.25) is 0 Å². The summed E-state index contributed by atoms with van der Waals surface area (Å²) in [6.45, 7) is 3.23. The highest BCUT2D eigenvalue weighted by atomic mass is 16.2. The largest absolute Gasteiger partial charge is 0.333 e. The first-order valence-corrected chi connectivity index (χ1v) is 9.36. The normalized spacial score (nSPS) is 22.2. The van der Waals surface area contributed by atoms with E-state index >= 15 is 0 Å². The van der Waals surface area contributed by atoms with Crippen LogP contribution in [0.1, 0.15) is 30.7 Å². The number of aromatic nitrogens is 2. The van der Waals surface area contributed by atoms with Crippen LogP contribution in [0.5, 0.6) is 0 Å². The molecule has 5 heteroatoms. The number of amides is 2. The van der Waals surface area contributed by atoms with Gasteiger partial charge in [0.15, 0.2) is 0 Å². The van der Waals surface area contributed by atoms with Gasteiger partial charge in [-0.25, -0.2) is 9.78 Å². The van der Waals surface area contributed by atoms with Crippen molar-refractivity contribution in [1.29, 1.82) is 0 Å². The minimum absolute atomic E-state index is 0.0620. The summed E-state index contributed by atoms with van der Waals surface area (Å²) in [6.07, 6.45) is 8.69. The first-order valence-electron chi connectivity index (χ1n) is 9.36. The van der Waals surface area contributed by atoms with Crippen LogP contribution in [0.15, 0.2) is 42.7 Å². The molecule has 1 saturated heterocycles. The van der Waals surface area contributed by atoms with Gasteiger partial charge in [0.2, 0.25) is 0 Å². The van der Waals surface area contributed by atoms with Crippen LogP contribution in [0.4, 0.5) is 4.79 Å². The summed E-state index contributed by atoms with van der Waals surface area (Å²) in [5.41, 5.74) is 1.31. The molecule has 1 aromatic carbocycles. The molecular formula is C20H26N4O. The predicted octanol–water partition coefficient (Wildman–Crippen LogP) is 3.07. The Bertz CT molecular complexity index is 699. The van der Waals surface area contributed by atoms with Gasteiger partial charge in [0.25, 0.3) is 0 Å². The van der Waals surface area contributed by atoms with Crippen LogP contribution in [0.2, 0.25) is 0 Å². The second-order valence-corrected chi connectivity index (χ2v) is 7.29. The van der Waals surface area contributed by atoms with Gasteiger partial charge < -0.3 is 14.8 Å². The molecule has 0 spiro atoms. The van der Waals surface area contributed by atoms with Gasteiger partial charge in [0, 0.05) is 32.0 Å². The molecule has 4 rings (SSSR count). The van der Waals surface area contributed by atoms with Crippen LogP contribution in [0, 0.1) is 11.8 Å². The van der Waals surface area contributed by atoms with Gasteiger partial charge in [0.05, 0.1) is 6.54 Å². The summed E-state index contributed by atoms with van der Waals surface area (Å²) in [4.78, 5) is 18.8. The fraction of sp³-hybridized carbons (Fsp3) is 0.500. The third-order valence-electron chi connectivity index (χ3n) is 5.70. The van der Waals surface area contributed by atoms with E-state index in [1.165, 1.54) is 24.8 Å². The van der Waals surface area contributed by atoms with E-state index < -0.39 is 0 Å². The predicted molar refractivity (Wildman–Crippen MR) is 97.0 cm³/mol. The molecule has 132 valence electrons. The number of imidazole rings is 1. The molecule has 2 fully saturated rings. The molecule has 2 heterocycles. The van der Waals surface area contributed by atoms with E-state index in [-0.39, 0.29) is 6.03 Å². The number of rotatable bonds is 5. The average molecular weight is 338 g/mol. The number of hydrogen-bond donors (Lipinski definition) is 1. The summed E-state index contributed by atoms with van der Waals surface area (Å²) in [7, 11) is 0. The number of carbonyl (C=O) groups excluding carboxylic acids is 1. The molecule has 0 unspecified atom stereocenters. The van der Waals surface area contributed by atoms with Crippen molar-refractivity contribution in [3.8, 4) is 0 Å². The fourth-order valence-electron chi connectivity index (χ4n) is 4.27. The molecule has 1 aliphatic carbocycles. The Hall–Kier alpha value is -2.30. The summed E-state index contributed by atoms with van der Waals surface area (Å²) in [5.74, 6) is 2.39. The number of aryl methyl sites for hydroxylation is 2. The summed E-state index contributed by atoms with van der Waals surface area (Å²) < 4.78 is 2.13. The van der Waals surface area contributed by atoms with Gasteiger partial charge in [-0.05, 0) is 36.7 Å². The minimum Gasteiger partial charge on any atom is -0.333 e. The van der Waals surface area contributed by atoms with Crippen LogP contribution in [-0.2, 0) is 19.5 Å². The molecule has 25 heavy (non-hydrogen) atoms. The maximum atomic E-state index is 12.4. The Balaban J connectivity index is 1.28. The van der Waals surface area contributed by atoms with E-state index in [0.29, 0.717) is 6.54 Å². The molecule has 0 bridgehead atoms. The van der Waals surface area contributed by atoms with Crippen molar-refractivity contribution < 1.29 is 4.79 Å². The van der Waals surface area contributed by atoms with Crippen molar-refractivity contribution in [3.05, 3.63) is 54.1 Å². The van der Waals surface area contributed by atoms with Gasteiger partial charge >= 0.3 is 6.03 Å². The number of urea groups is 1. The van der Waals surface area contributed by atoms with E-state index in [1.807, 2.05) is 23.4 Å². The molecule has 1 aliphatic heterocycles. The molecule has 1 saturated carbocycles. The molecule has 2 amide bonds. The van der Waals surface area contributed by atoms with Crippen molar-refractivity contribution in [1.82, 2.24) is 19.8 Å². The number of nitrogens with zero attached hydrogens (tertiary/aromatic N) is 3. The average Bonchev–Trinajstić information content (AvgIpc) is 3.34. The van der Waals surface area contributed by atoms with Crippen molar-refractivity contribution in [2.45, 2.75) is 38.8 Å². The topological polar surface area (TPSA) is 50.2 Å². The standard InChI is InChI=1S/C20H26N4O/c25-20(24-14-17-7-4-8-18(17)15-24)22-13-19-21-10-12-23(19)11-9-16-5-2-1-3-6-16/h1-3,5-6,10,12,17-18H,4,7-9,11,13-15H2,(H,22,25)/t17-,18-/m0/s1. The number of benzene rings is 1. The highest BCUT2D eigenvalue weighted by molar-refractivity contribution is 5.74. The van der Waals surface area contributed by atoms with Crippen LogP contribution >= 0.6 is 0 Å². The Morgan fingerprint density at radius 2 is 1.92 bits per heavy atom. The Labute approximate surface area is 149 Å². The van der Waals surface area contributed by atoms with E-state index in [1.54, 1.807) is 0 Å². The minimum atomic E-state index is 0.0620. The van der Waals surface area contributed by atoms with Gasteiger partial charge in [-0.2, -0.15) is 0 Å². The molecule has 1 N–H and O–H groups in total. The fourth-order valence-corrected chi connectivity index (χ4v) is 4.27. The van der Waals surface area contributed by atoms with E-state index in [9.17, 15) is 4.79 Å². The SMILES string of the molecule is O=C(NCc1nccn1CCc1ccccc1)N1C[C@@H]2CCC[C@H]2C1. The Kier molecular flexibility index (Phi) is 4.72. The summed E-state index contributed by atoms with van der Waals surface area (Å²) in [5, 5.41) is 3.06. The van der Waals surface area contributed by atoms with Crippen molar-refractivity contribution in [2.24, 2.45) is 11.8 Å². The highest BCUT2D eigenvalue weighted by Gasteiger charge is 2.37.